The lowest BCUT2D eigenvalue weighted by molar-refractivity contribution is 0.279. The van der Waals surface area contributed by atoms with Crippen LogP contribution in [0.3, 0.4) is 0 Å². The third-order valence-electron chi connectivity index (χ3n) is 1.83. The molecule has 0 bridgehead atoms. The van der Waals surface area contributed by atoms with Crippen LogP contribution in [0.15, 0.2) is 42.6 Å². The normalized spacial score (nSPS) is 10.0. The Labute approximate surface area is 86.7 Å². The van der Waals surface area contributed by atoms with Gasteiger partial charge >= 0.3 is 7.32 Å². The lowest BCUT2D eigenvalue weighted by atomic mass is 10.3. The van der Waals surface area contributed by atoms with Crippen molar-refractivity contribution in [1.82, 2.24) is 9.78 Å². The second-order valence-corrected chi connectivity index (χ2v) is 2.86. The van der Waals surface area contributed by atoms with E-state index in [1.165, 1.54) is 10.9 Å². The van der Waals surface area contributed by atoms with Gasteiger partial charge in [-0.2, -0.15) is 5.10 Å². The quantitative estimate of drug-likeness (QED) is 0.701. The van der Waals surface area contributed by atoms with E-state index in [-0.39, 0.29) is 5.88 Å². The molecule has 76 valence electrons. The van der Waals surface area contributed by atoms with Gasteiger partial charge in [-0.3, -0.25) is 0 Å². The van der Waals surface area contributed by atoms with Gasteiger partial charge in [0.1, 0.15) is 0 Å². The highest BCUT2D eigenvalue weighted by molar-refractivity contribution is 6.33. The lowest BCUT2D eigenvalue weighted by Crippen LogP contribution is -2.22. The zero-order chi connectivity index (χ0) is 10.7. The molecule has 0 radical (unpaired) electrons. The molecule has 6 heteroatoms. The van der Waals surface area contributed by atoms with Gasteiger partial charge in [-0.05, 0) is 12.1 Å². The molecule has 0 aliphatic rings. The minimum atomic E-state index is -1.84. The van der Waals surface area contributed by atoms with E-state index in [1.807, 2.05) is 30.3 Å². The molecule has 5 nitrogen and oxygen atoms in total. The van der Waals surface area contributed by atoms with Crippen LogP contribution < -0.4 is 4.65 Å². The van der Waals surface area contributed by atoms with Crippen LogP contribution >= 0.6 is 0 Å². The van der Waals surface area contributed by atoms with Crippen molar-refractivity contribution in [3.05, 3.63) is 42.6 Å². The number of rotatable bonds is 3. The minimum Gasteiger partial charge on any atom is -0.498 e. The number of aromatic nitrogens is 2. The lowest BCUT2D eigenvalue weighted by Gasteiger charge is -2.07. The molecule has 0 spiro atoms. The fraction of sp³-hybridized carbons (Fsp3) is 0. The van der Waals surface area contributed by atoms with Crippen LogP contribution in [-0.2, 0) is 0 Å². The Morgan fingerprint density at radius 2 is 1.87 bits per heavy atom. The standard InChI is InChI=1S/C9H9BN2O3/c13-10(14)15-9-6-7-11-12(9)8-4-2-1-3-5-8/h1-7,13-14H. The Hall–Kier alpha value is -1.79. The van der Waals surface area contributed by atoms with Crippen molar-refractivity contribution in [2.24, 2.45) is 0 Å². The molecule has 0 amide bonds. The highest BCUT2D eigenvalue weighted by Gasteiger charge is 2.15. The van der Waals surface area contributed by atoms with E-state index in [0.717, 1.165) is 5.69 Å². The predicted molar refractivity (Wildman–Crippen MR) is 54.4 cm³/mol. The minimum absolute atomic E-state index is 0.274. The molecule has 2 aromatic rings. The summed E-state index contributed by atoms with van der Waals surface area (Å²) in [6.45, 7) is 0. The fourth-order valence-corrected chi connectivity index (χ4v) is 1.25. The van der Waals surface area contributed by atoms with Gasteiger partial charge in [0.2, 0.25) is 5.88 Å². The van der Waals surface area contributed by atoms with Crippen LogP contribution in [0.2, 0.25) is 0 Å². The molecule has 0 unspecified atom stereocenters. The van der Waals surface area contributed by atoms with Crippen molar-refractivity contribution in [3.8, 4) is 11.6 Å². The molecule has 0 aliphatic heterocycles. The summed E-state index contributed by atoms with van der Waals surface area (Å²) in [5, 5.41) is 21.4. The van der Waals surface area contributed by atoms with Gasteiger partial charge in [0.15, 0.2) is 0 Å². The molecule has 1 aromatic carbocycles. The summed E-state index contributed by atoms with van der Waals surface area (Å²) < 4.78 is 6.22. The summed E-state index contributed by atoms with van der Waals surface area (Å²) in [7, 11) is -1.84. The van der Waals surface area contributed by atoms with Crippen molar-refractivity contribution in [1.29, 1.82) is 0 Å². The zero-order valence-electron chi connectivity index (χ0n) is 7.82. The molecule has 0 saturated heterocycles. The Balaban J connectivity index is 2.33. The first kappa shape index (κ1) is 9.76. The Bertz CT molecular complexity index is 430. The summed E-state index contributed by atoms with van der Waals surface area (Å²) >= 11 is 0. The summed E-state index contributed by atoms with van der Waals surface area (Å²) in [6, 6.07) is 10.8. The largest absolute Gasteiger partial charge is 0.708 e. The third kappa shape index (κ3) is 2.17. The summed E-state index contributed by atoms with van der Waals surface area (Å²) in [4.78, 5) is 0. The number of benzene rings is 1. The molecular weight excluding hydrogens is 195 g/mol. The first-order valence-electron chi connectivity index (χ1n) is 4.39. The maximum atomic E-state index is 8.69. The van der Waals surface area contributed by atoms with Crippen LogP contribution in [0.5, 0.6) is 5.88 Å². The second kappa shape index (κ2) is 4.16. The Morgan fingerprint density at radius 3 is 2.53 bits per heavy atom. The van der Waals surface area contributed by atoms with Gasteiger partial charge in [0.05, 0.1) is 11.9 Å². The van der Waals surface area contributed by atoms with Crippen molar-refractivity contribution in [2.75, 3.05) is 0 Å². The molecular formula is C9H9BN2O3. The van der Waals surface area contributed by atoms with E-state index in [1.54, 1.807) is 6.07 Å². The van der Waals surface area contributed by atoms with Crippen molar-refractivity contribution < 1.29 is 14.7 Å². The van der Waals surface area contributed by atoms with E-state index in [2.05, 4.69) is 5.10 Å². The van der Waals surface area contributed by atoms with E-state index >= 15 is 0 Å². The smallest absolute Gasteiger partial charge is 0.498 e. The summed E-state index contributed by atoms with van der Waals surface area (Å²) in [6.07, 6.45) is 1.52. The highest BCUT2D eigenvalue weighted by atomic mass is 16.6. The number of hydrogen-bond acceptors (Lipinski definition) is 4. The number of para-hydroxylation sites is 1. The van der Waals surface area contributed by atoms with Gasteiger partial charge in [-0.25, -0.2) is 4.68 Å². The predicted octanol–water partition coefficient (Wildman–Crippen LogP) is 0.221. The monoisotopic (exact) mass is 204 g/mol. The van der Waals surface area contributed by atoms with E-state index < -0.39 is 7.32 Å². The average molecular weight is 204 g/mol. The first-order valence-corrected chi connectivity index (χ1v) is 4.39. The van der Waals surface area contributed by atoms with Crippen LogP contribution in [0.25, 0.3) is 5.69 Å². The Morgan fingerprint density at radius 1 is 1.13 bits per heavy atom. The van der Waals surface area contributed by atoms with E-state index in [4.69, 9.17) is 14.7 Å². The maximum Gasteiger partial charge on any atom is 0.708 e. The molecule has 0 atom stereocenters. The van der Waals surface area contributed by atoms with E-state index in [0.29, 0.717) is 0 Å². The van der Waals surface area contributed by atoms with Crippen molar-refractivity contribution in [2.45, 2.75) is 0 Å². The molecule has 2 rings (SSSR count). The van der Waals surface area contributed by atoms with Gasteiger partial charge in [-0.15, -0.1) is 0 Å². The SMILES string of the molecule is OB(O)Oc1ccnn1-c1ccccc1. The molecule has 1 aromatic heterocycles. The fourth-order valence-electron chi connectivity index (χ4n) is 1.25. The van der Waals surface area contributed by atoms with Crippen LogP contribution in [0, 0.1) is 0 Å². The van der Waals surface area contributed by atoms with Crippen LogP contribution in [-0.4, -0.2) is 27.1 Å². The topological polar surface area (TPSA) is 67.5 Å². The van der Waals surface area contributed by atoms with Gasteiger partial charge in [0, 0.05) is 6.07 Å². The first-order chi connectivity index (χ1) is 7.27. The maximum absolute atomic E-state index is 8.69. The number of nitrogens with zero attached hydrogens (tertiary/aromatic N) is 2. The van der Waals surface area contributed by atoms with Gasteiger partial charge in [-0.1, -0.05) is 18.2 Å². The third-order valence-corrected chi connectivity index (χ3v) is 1.83. The average Bonchev–Trinajstić information content (AvgIpc) is 2.66. The molecule has 1 heterocycles. The van der Waals surface area contributed by atoms with Gasteiger partial charge in [0.25, 0.3) is 0 Å². The van der Waals surface area contributed by atoms with Crippen LogP contribution in [0.1, 0.15) is 0 Å². The van der Waals surface area contributed by atoms with Crippen molar-refractivity contribution >= 4 is 7.32 Å². The van der Waals surface area contributed by atoms with Crippen LogP contribution in [0.4, 0.5) is 0 Å². The Kier molecular flexibility index (Phi) is 2.71. The molecule has 0 aliphatic carbocycles. The summed E-state index contributed by atoms with van der Waals surface area (Å²) in [5.41, 5.74) is 0.790. The molecule has 0 fully saturated rings. The van der Waals surface area contributed by atoms with E-state index in [9.17, 15) is 0 Å². The van der Waals surface area contributed by atoms with Crippen molar-refractivity contribution in [3.63, 3.8) is 0 Å². The molecule has 2 N–H and O–H groups in total. The summed E-state index contributed by atoms with van der Waals surface area (Å²) in [5.74, 6) is 0.274. The number of hydrogen-bond donors (Lipinski definition) is 2. The van der Waals surface area contributed by atoms with Gasteiger partial charge < -0.3 is 14.7 Å². The second-order valence-electron chi connectivity index (χ2n) is 2.86. The highest BCUT2D eigenvalue weighted by Crippen LogP contribution is 2.16. The molecule has 0 saturated carbocycles. The zero-order valence-corrected chi connectivity index (χ0v) is 7.82. The molecule has 15 heavy (non-hydrogen) atoms.